The molecule has 0 unspecified atom stereocenters. The van der Waals surface area contributed by atoms with E-state index in [1.807, 2.05) is 6.07 Å². The van der Waals surface area contributed by atoms with Crippen LogP contribution in [0.4, 0.5) is 4.39 Å². The lowest BCUT2D eigenvalue weighted by molar-refractivity contribution is -0.0713. The van der Waals surface area contributed by atoms with Crippen molar-refractivity contribution in [2.24, 2.45) is 0 Å². The average Bonchev–Trinajstić information content (AvgIpc) is 2.37. The van der Waals surface area contributed by atoms with Gasteiger partial charge in [0.2, 0.25) is 0 Å². The van der Waals surface area contributed by atoms with Gasteiger partial charge in [-0.15, -0.1) is 0 Å². The van der Waals surface area contributed by atoms with Gasteiger partial charge in [-0.2, -0.15) is 0 Å². The normalized spacial score (nSPS) is 22.2. The minimum atomic E-state index is -0.0124. The molecule has 0 amide bonds. The van der Waals surface area contributed by atoms with Crippen molar-refractivity contribution < 1.29 is 9.13 Å². The summed E-state index contributed by atoms with van der Waals surface area (Å²) in [5.74, 6) is 0.758. The summed E-state index contributed by atoms with van der Waals surface area (Å²) in [5, 5.41) is 0. The first-order valence-corrected chi connectivity index (χ1v) is 7.76. The standard InChI is InChI=1S/C17H24FNO/c1-12(2)14-3-4-16(17(18)9-14)13-5-7-19(8-6-13)15-10-20-11-15/h3-4,9,12-13,15H,5-8,10-11H2,1-2H3. The molecule has 0 N–H and O–H groups in total. The number of hydrogen-bond acceptors (Lipinski definition) is 2. The third kappa shape index (κ3) is 2.75. The average molecular weight is 277 g/mol. The molecule has 0 saturated carbocycles. The van der Waals surface area contributed by atoms with E-state index >= 15 is 0 Å². The lowest BCUT2D eigenvalue weighted by Gasteiger charge is -2.41. The van der Waals surface area contributed by atoms with Gasteiger partial charge in [0.15, 0.2) is 0 Å². The van der Waals surface area contributed by atoms with E-state index in [1.165, 1.54) is 0 Å². The summed E-state index contributed by atoms with van der Waals surface area (Å²) in [6, 6.07) is 6.45. The van der Waals surface area contributed by atoms with Crippen molar-refractivity contribution in [3.8, 4) is 0 Å². The molecule has 2 aliphatic heterocycles. The van der Waals surface area contributed by atoms with Gasteiger partial charge >= 0.3 is 0 Å². The van der Waals surface area contributed by atoms with Crippen LogP contribution in [-0.2, 0) is 4.74 Å². The fourth-order valence-electron chi connectivity index (χ4n) is 3.24. The van der Waals surface area contributed by atoms with Gasteiger partial charge in [0.25, 0.3) is 0 Å². The Balaban J connectivity index is 1.65. The molecule has 0 spiro atoms. The molecule has 2 nitrogen and oxygen atoms in total. The summed E-state index contributed by atoms with van der Waals surface area (Å²) >= 11 is 0. The smallest absolute Gasteiger partial charge is 0.126 e. The Morgan fingerprint density at radius 1 is 1.20 bits per heavy atom. The molecule has 0 aromatic heterocycles. The van der Waals surface area contributed by atoms with E-state index < -0.39 is 0 Å². The predicted molar refractivity (Wildman–Crippen MR) is 78.6 cm³/mol. The Labute approximate surface area is 120 Å². The molecule has 1 aromatic rings. The van der Waals surface area contributed by atoms with E-state index in [2.05, 4.69) is 24.8 Å². The third-order valence-corrected chi connectivity index (χ3v) is 4.80. The number of hydrogen-bond donors (Lipinski definition) is 0. The lowest BCUT2D eigenvalue weighted by atomic mass is 9.87. The van der Waals surface area contributed by atoms with Gasteiger partial charge in [-0.25, -0.2) is 4.39 Å². The molecule has 20 heavy (non-hydrogen) atoms. The Kier molecular flexibility index (Phi) is 4.08. The van der Waals surface area contributed by atoms with Crippen molar-refractivity contribution in [2.75, 3.05) is 26.3 Å². The van der Waals surface area contributed by atoms with Gasteiger partial charge in [-0.3, -0.25) is 4.90 Å². The van der Waals surface area contributed by atoms with Crippen molar-refractivity contribution in [3.05, 3.63) is 35.1 Å². The van der Waals surface area contributed by atoms with Crippen LogP contribution in [0, 0.1) is 5.82 Å². The van der Waals surface area contributed by atoms with Gasteiger partial charge in [0.1, 0.15) is 5.82 Å². The van der Waals surface area contributed by atoms with Crippen molar-refractivity contribution in [2.45, 2.75) is 44.6 Å². The molecular formula is C17H24FNO. The molecule has 0 radical (unpaired) electrons. The van der Waals surface area contributed by atoms with Crippen LogP contribution in [-0.4, -0.2) is 37.2 Å². The highest BCUT2D eigenvalue weighted by atomic mass is 19.1. The topological polar surface area (TPSA) is 12.5 Å². The molecule has 0 bridgehead atoms. The van der Waals surface area contributed by atoms with E-state index in [9.17, 15) is 4.39 Å². The number of piperidine rings is 1. The summed E-state index contributed by atoms with van der Waals surface area (Å²) in [5.41, 5.74) is 2.01. The first kappa shape index (κ1) is 14.0. The Morgan fingerprint density at radius 2 is 1.90 bits per heavy atom. The highest BCUT2D eigenvalue weighted by Gasteiger charge is 2.30. The largest absolute Gasteiger partial charge is 0.378 e. The zero-order valence-corrected chi connectivity index (χ0v) is 12.4. The molecule has 2 aliphatic rings. The zero-order chi connectivity index (χ0) is 14.1. The number of benzene rings is 1. The van der Waals surface area contributed by atoms with E-state index in [1.54, 1.807) is 6.07 Å². The fraction of sp³-hybridized carbons (Fsp3) is 0.647. The SMILES string of the molecule is CC(C)c1ccc(C2CCN(C3COC3)CC2)c(F)c1. The van der Waals surface area contributed by atoms with E-state index in [4.69, 9.17) is 4.74 Å². The van der Waals surface area contributed by atoms with Gasteiger partial charge in [-0.05, 0) is 55.0 Å². The maximum atomic E-state index is 14.3. The number of ether oxygens (including phenoxy) is 1. The van der Waals surface area contributed by atoms with Crippen LogP contribution in [0.15, 0.2) is 18.2 Å². The van der Waals surface area contributed by atoms with Crippen molar-refractivity contribution in [3.63, 3.8) is 0 Å². The molecule has 0 aliphatic carbocycles. The van der Waals surface area contributed by atoms with Crippen LogP contribution in [0.1, 0.15) is 49.7 Å². The van der Waals surface area contributed by atoms with Crippen molar-refractivity contribution >= 4 is 0 Å². The molecule has 0 atom stereocenters. The molecular weight excluding hydrogens is 253 g/mol. The summed E-state index contributed by atoms with van der Waals surface area (Å²) in [6.45, 7) is 8.11. The number of likely N-dealkylation sites (tertiary alicyclic amines) is 1. The second-order valence-corrected chi connectivity index (χ2v) is 6.44. The van der Waals surface area contributed by atoms with Crippen LogP contribution in [0.2, 0.25) is 0 Å². The highest BCUT2D eigenvalue weighted by molar-refractivity contribution is 5.29. The Hall–Kier alpha value is -0.930. The number of nitrogens with zero attached hydrogens (tertiary/aromatic N) is 1. The molecule has 2 heterocycles. The lowest BCUT2D eigenvalue weighted by Crippen LogP contribution is -2.51. The second-order valence-electron chi connectivity index (χ2n) is 6.44. The second kappa shape index (κ2) is 5.82. The Bertz CT molecular complexity index is 462. The van der Waals surface area contributed by atoms with Crippen molar-refractivity contribution in [1.82, 2.24) is 4.90 Å². The molecule has 2 saturated heterocycles. The predicted octanol–water partition coefficient (Wildman–Crippen LogP) is 3.53. The molecule has 3 heteroatoms. The first-order chi connectivity index (χ1) is 9.65. The van der Waals surface area contributed by atoms with Gasteiger partial charge < -0.3 is 4.74 Å². The fourth-order valence-corrected chi connectivity index (χ4v) is 3.24. The van der Waals surface area contributed by atoms with Crippen LogP contribution in [0.5, 0.6) is 0 Å². The van der Waals surface area contributed by atoms with Crippen molar-refractivity contribution in [1.29, 1.82) is 0 Å². The van der Waals surface area contributed by atoms with Gasteiger partial charge in [-0.1, -0.05) is 26.0 Å². The number of rotatable bonds is 3. The molecule has 110 valence electrons. The molecule has 1 aromatic carbocycles. The summed E-state index contributed by atoms with van der Waals surface area (Å²) < 4.78 is 19.5. The summed E-state index contributed by atoms with van der Waals surface area (Å²) in [6.07, 6.45) is 2.13. The van der Waals surface area contributed by atoms with E-state index in [0.29, 0.717) is 17.9 Å². The third-order valence-electron chi connectivity index (χ3n) is 4.80. The molecule has 3 rings (SSSR count). The van der Waals surface area contributed by atoms with Crippen LogP contribution in [0.25, 0.3) is 0 Å². The minimum Gasteiger partial charge on any atom is -0.378 e. The number of halogens is 1. The van der Waals surface area contributed by atoms with E-state index in [0.717, 1.165) is 50.3 Å². The summed E-state index contributed by atoms with van der Waals surface area (Å²) in [7, 11) is 0. The quantitative estimate of drug-likeness (QED) is 0.838. The van der Waals surface area contributed by atoms with Gasteiger partial charge in [0, 0.05) is 0 Å². The maximum Gasteiger partial charge on any atom is 0.126 e. The monoisotopic (exact) mass is 277 g/mol. The van der Waals surface area contributed by atoms with Crippen LogP contribution < -0.4 is 0 Å². The Morgan fingerprint density at radius 3 is 2.40 bits per heavy atom. The van der Waals surface area contributed by atoms with E-state index in [-0.39, 0.29) is 5.82 Å². The zero-order valence-electron chi connectivity index (χ0n) is 12.4. The summed E-state index contributed by atoms with van der Waals surface area (Å²) in [4.78, 5) is 2.50. The highest BCUT2D eigenvalue weighted by Crippen LogP contribution is 2.32. The van der Waals surface area contributed by atoms with Gasteiger partial charge in [0.05, 0.1) is 19.3 Å². The first-order valence-electron chi connectivity index (χ1n) is 7.76. The van der Waals surface area contributed by atoms with Crippen LogP contribution in [0.3, 0.4) is 0 Å². The molecule has 2 fully saturated rings. The minimum absolute atomic E-state index is 0.0124. The van der Waals surface area contributed by atoms with Crippen LogP contribution >= 0.6 is 0 Å². The maximum absolute atomic E-state index is 14.3.